The summed E-state index contributed by atoms with van der Waals surface area (Å²) in [6.45, 7) is 3.15. The van der Waals surface area contributed by atoms with Gasteiger partial charge in [-0.3, -0.25) is 19.6 Å². The Hall–Kier alpha value is -2.19. The fourth-order valence-corrected chi connectivity index (χ4v) is 2.25. The number of oxazole rings is 1. The van der Waals surface area contributed by atoms with Gasteiger partial charge < -0.3 is 9.15 Å². The summed E-state index contributed by atoms with van der Waals surface area (Å²) in [5, 5.41) is 10.7. The van der Waals surface area contributed by atoms with Crippen LogP contribution in [0.25, 0.3) is 11.1 Å². The van der Waals surface area contributed by atoms with Gasteiger partial charge in [0.05, 0.1) is 36.4 Å². The van der Waals surface area contributed by atoms with Crippen molar-refractivity contribution in [3.05, 3.63) is 38.9 Å². The highest BCUT2D eigenvalue weighted by Crippen LogP contribution is 2.20. The average Bonchev–Trinajstić information content (AvgIpc) is 2.75. The lowest BCUT2D eigenvalue weighted by atomic mass is 10.3. The Morgan fingerprint density at radius 2 is 2.05 bits per heavy atom. The second-order valence-corrected chi connectivity index (χ2v) is 4.58. The fourth-order valence-electron chi connectivity index (χ4n) is 2.25. The molecule has 0 atom stereocenters. The normalized spacial score (nSPS) is 16.6. The molecule has 0 spiro atoms. The number of benzene rings is 1. The smallest absolute Gasteiger partial charge is 0.407 e. The summed E-state index contributed by atoms with van der Waals surface area (Å²) in [5.74, 6) is -0.507. The second-order valence-electron chi connectivity index (χ2n) is 4.58. The van der Waals surface area contributed by atoms with Crippen molar-refractivity contribution in [1.29, 1.82) is 0 Å². The molecule has 8 nitrogen and oxygen atoms in total. The zero-order valence-corrected chi connectivity index (χ0v) is 10.7. The molecule has 1 aliphatic heterocycles. The van der Waals surface area contributed by atoms with Crippen molar-refractivity contribution in [2.24, 2.45) is 0 Å². The number of hydrogen-bond donors (Lipinski definition) is 0. The van der Waals surface area contributed by atoms with Crippen LogP contribution in [-0.2, 0) is 11.4 Å². The van der Waals surface area contributed by atoms with Crippen LogP contribution in [0, 0.1) is 10.1 Å². The molecule has 1 aromatic carbocycles. The molecule has 1 saturated heterocycles. The Labute approximate surface area is 113 Å². The van der Waals surface area contributed by atoms with Crippen LogP contribution in [0.3, 0.4) is 0 Å². The van der Waals surface area contributed by atoms with E-state index in [-0.39, 0.29) is 11.3 Å². The van der Waals surface area contributed by atoms with Gasteiger partial charge in [0, 0.05) is 19.2 Å². The van der Waals surface area contributed by atoms with Crippen molar-refractivity contribution in [2.45, 2.75) is 6.67 Å². The van der Waals surface area contributed by atoms with Crippen LogP contribution in [-0.4, -0.2) is 40.7 Å². The van der Waals surface area contributed by atoms with E-state index in [0.29, 0.717) is 25.4 Å². The second kappa shape index (κ2) is 5.06. The third-order valence-corrected chi connectivity index (χ3v) is 3.31. The van der Waals surface area contributed by atoms with Crippen LogP contribution in [0.2, 0.25) is 0 Å². The SMILES string of the molecule is O=c1oc2cc([N+](=O)[O-])ccc2n1CN1CCOCC1. The number of morpholine rings is 1. The summed E-state index contributed by atoms with van der Waals surface area (Å²) in [4.78, 5) is 24.1. The van der Waals surface area contributed by atoms with Crippen molar-refractivity contribution in [3.63, 3.8) is 0 Å². The summed E-state index contributed by atoms with van der Waals surface area (Å²) in [6, 6.07) is 4.18. The molecule has 2 aromatic rings. The third-order valence-electron chi connectivity index (χ3n) is 3.31. The van der Waals surface area contributed by atoms with E-state index in [1.54, 1.807) is 6.07 Å². The minimum absolute atomic E-state index is 0.0928. The molecule has 0 unspecified atom stereocenters. The molecule has 0 amide bonds. The van der Waals surface area contributed by atoms with E-state index in [1.165, 1.54) is 16.7 Å². The van der Waals surface area contributed by atoms with E-state index in [0.717, 1.165) is 13.1 Å². The van der Waals surface area contributed by atoms with Gasteiger partial charge in [0.1, 0.15) is 0 Å². The highest BCUT2D eigenvalue weighted by atomic mass is 16.6. The van der Waals surface area contributed by atoms with Gasteiger partial charge in [-0.25, -0.2) is 4.79 Å². The van der Waals surface area contributed by atoms with Crippen LogP contribution in [0.1, 0.15) is 0 Å². The topological polar surface area (TPSA) is 90.8 Å². The van der Waals surface area contributed by atoms with Crippen molar-refractivity contribution in [2.75, 3.05) is 26.3 Å². The van der Waals surface area contributed by atoms with Crippen molar-refractivity contribution in [3.8, 4) is 0 Å². The molecule has 0 radical (unpaired) electrons. The van der Waals surface area contributed by atoms with Crippen LogP contribution in [0.15, 0.2) is 27.4 Å². The molecule has 20 heavy (non-hydrogen) atoms. The minimum atomic E-state index is -0.515. The number of hydrogen-bond acceptors (Lipinski definition) is 6. The Bertz CT molecular complexity index is 699. The molecule has 0 saturated carbocycles. The van der Waals surface area contributed by atoms with E-state index in [4.69, 9.17) is 9.15 Å². The van der Waals surface area contributed by atoms with Gasteiger partial charge in [0.25, 0.3) is 5.69 Å². The first kappa shape index (κ1) is 12.8. The predicted octanol–water partition coefficient (Wildman–Crippen LogP) is 0.792. The highest BCUT2D eigenvalue weighted by molar-refractivity contribution is 5.75. The number of rotatable bonds is 3. The van der Waals surface area contributed by atoms with Gasteiger partial charge in [0.2, 0.25) is 0 Å². The molecule has 0 bridgehead atoms. The standard InChI is InChI=1S/C12H13N3O5/c16-12-14(8-13-3-5-19-6-4-13)10-2-1-9(15(17)18)7-11(10)20-12/h1-2,7H,3-6,8H2. The molecule has 0 aliphatic carbocycles. The number of ether oxygens (including phenoxy) is 1. The summed E-state index contributed by atoms with van der Waals surface area (Å²) in [6.07, 6.45) is 0. The van der Waals surface area contributed by atoms with Gasteiger partial charge in [0.15, 0.2) is 5.58 Å². The average molecular weight is 279 g/mol. The molecule has 1 aromatic heterocycles. The number of nitro groups is 1. The summed E-state index contributed by atoms with van der Waals surface area (Å²) >= 11 is 0. The lowest BCUT2D eigenvalue weighted by Crippen LogP contribution is -2.39. The highest BCUT2D eigenvalue weighted by Gasteiger charge is 2.17. The number of fused-ring (bicyclic) bond motifs is 1. The van der Waals surface area contributed by atoms with E-state index in [1.807, 2.05) is 0 Å². The Morgan fingerprint density at radius 1 is 1.30 bits per heavy atom. The minimum Gasteiger partial charge on any atom is -0.407 e. The van der Waals surface area contributed by atoms with Gasteiger partial charge in [-0.1, -0.05) is 0 Å². The van der Waals surface area contributed by atoms with E-state index in [2.05, 4.69) is 4.90 Å². The van der Waals surface area contributed by atoms with Gasteiger partial charge >= 0.3 is 5.76 Å². The summed E-state index contributed by atoms with van der Waals surface area (Å²) in [7, 11) is 0. The van der Waals surface area contributed by atoms with Crippen LogP contribution in [0.5, 0.6) is 0 Å². The van der Waals surface area contributed by atoms with Gasteiger partial charge in [-0.15, -0.1) is 0 Å². The lowest BCUT2D eigenvalue weighted by Gasteiger charge is -2.26. The molecule has 106 valence electrons. The van der Waals surface area contributed by atoms with E-state index in [9.17, 15) is 14.9 Å². The molecular weight excluding hydrogens is 266 g/mol. The lowest BCUT2D eigenvalue weighted by molar-refractivity contribution is -0.384. The monoisotopic (exact) mass is 279 g/mol. The van der Waals surface area contributed by atoms with Gasteiger partial charge in [-0.2, -0.15) is 0 Å². The molecular formula is C12H13N3O5. The van der Waals surface area contributed by atoms with Crippen LogP contribution < -0.4 is 5.76 Å². The molecule has 8 heteroatoms. The largest absolute Gasteiger partial charge is 0.421 e. The van der Waals surface area contributed by atoms with E-state index < -0.39 is 10.7 Å². The Kier molecular flexibility index (Phi) is 3.25. The molecule has 1 aliphatic rings. The zero-order valence-electron chi connectivity index (χ0n) is 10.7. The maximum Gasteiger partial charge on any atom is 0.421 e. The van der Waals surface area contributed by atoms with E-state index >= 15 is 0 Å². The van der Waals surface area contributed by atoms with Gasteiger partial charge in [-0.05, 0) is 6.07 Å². The van der Waals surface area contributed by atoms with Crippen LogP contribution in [0.4, 0.5) is 5.69 Å². The van der Waals surface area contributed by atoms with Crippen LogP contribution >= 0.6 is 0 Å². The predicted molar refractivity (Wildman–Crippen MR) is 69.5 cm³/mol. The number of nitro benzene ring substituents is 1. The first-order chi connectivity index (χ1) is 9.65. The third kappa shape index (κ3) is 2.30. The molecule has 0 N–H and O–H groups in total. The first-order valence-corrected chi connectivity index (χ1v) is 6.23. The number of non-ortho nitro benzene ring substituents is 1. The maximum atomic E-state index is 11.9. The zero-order chi connectivity index (χ0) is 14.1. The Morgan fingerprint density at radius 3 is 2.75 bits per heavy atom. The molecule has 2 heterocycles. The summed E-state index contributed by atoms with van der Waals surface area (Å²) in [5.41, 5.74) is 0.703. The number of nitrogens with zero attached hydrogens (tertiary/aromatic N) is 3. The first-order valence-electron chi connectivity index (χ1n) is 6.23. The molecule has 1 fully saturated rings. The van der Waals surface area contributed by atoms with Crippen molar-refractivity contribution >= 4 is 16.8 Å². The van der Waals surface area contributed by atoms with Crippen molar-refractivity contribution in [1.82, 2.24) is 9.47 Å². The Balaban J connectivity index is 1.96. The fraction of sp³-hybridized carbons (Fsp3) is 0.417. The quantitative estimate of drug-likeness (QED) is 0.609. The number of aromatic nitrogens is 1. The van der Waals surface area contributed by atoms with Crippen molar-refractivity contribution < 1.29 is 14.1 Å². The summed E-state index contributed by atoms with van der Waals surface area (Å²) < 4.78 is 11.8. The maximum absolute atomic E-state index is 11.9. The molecule has 3 rings (SSSR count).